The molecule has 0 fully saturated rings. The number of nitrogens with zero attached hydrogens (tertiary/aromatic N) is 1. The topological polar surface area (TPSA) is 3.24 Å². The summed E-state index contributed by atoms with van der Waals surface area (Å²) in [4.78, 5) is 2.30. The van der Waals surface area contributed by atoms with Gasteiger partial charge < -0.3 is 4.90 Å². The largest absolute Gasteiger partial charge is 0.371 e. The molecule has 0 aromatic heterocycles. The molecule has 1 atom stereocenters. The van der Waals surface area contributed by atoms with Crippen LogP contribution >= 0.6 is 27.5 Å². The Hall–Kier alpha value is -0.210. The molecular formula is C13H19BrClN. The average molecular weight is 305 g/mol. The lowest BCUT2D eigenvalue weighted by Crippen LogP contribution is -2.33. The van der Waals surface area contributed by atoms with Gasteiger partial charge in [-0.15, -0.1) is 0 Å². The zero-order valence-electron chi connectivity index (χ0n) is 10.3. The SMILES string of the molecule is CC(C)C(C)N(C)c1cccc(Cl)c1CBr. The van der Waals surface area contributed by atoms with Crippen molar-refractivity contribution in [1.29, 1.82) is 0 Å². The second kappa shape index (κ2) is 5.92. The number of anilines is 1. The first-order chi connectivity index (χ1) is 7.49. The van der Waals surface area contributed by atoms with Gasteiger partial charge in [-0.05, 0) is 25.0 Å². The van der Waals surface area contributed by atoms with Crippen LogP contribution in [-0.4, -0.2) is 13.1 Å². The highest BCUT2D eigenvalue weighted by atomic mass is 79.9. The summed E-state index contributed by atoms with van der Waals surface area (Å²) >= 11 is 9.70. The van der Waals surface area contributed by atoms with Gasteiger partial charge in [0.15, 0.2) is 0 Å². The molecule has 0 aliphatic carbocycles. The molecule has 0 bridgehead atoms. The lowest BCUT2D eigenvalue weighted by atomic mass is 10.0. The van der Waals surface area contributed by atoms with Gasteiger partial charge >= 0.3 is 0 Å². The Bertz CT molecular complexity index is 352. The van der Waals surface area contributed by atoms with Gasteiger partial charge in [-0.2, -0.15) is 0 Å². The Balaban J connectivity index is 3.08. The lowest BCUT2D eigenvalue weighted by molar-refractivity contribution is 0.505. The molecule has 3 heteroatoms. The van der Waals surface area contributed by atoms with E-state index in [1.165, 1.54) is 11.3 Å². The Morgan fingerprint density at radius 1 is 1.31 bits per heavy atom. The van der Waals surface area contributed by atoms with Crippen molar-refractivity contribution in [2.45, 2.75) is 32.1 Å². The molecule has 1 rings (SSSR count). The van der Waals surface area contributed by atoms with Crippen molar-refractivity contribution in [3.63, 3.8) is 0 Å². The van der Waals surface area contributed by atoms with E-state index < -0.39 is 0 Å². The lowest BCUT2D eigenvalue weighted by Gasteiger charge is -2.31. The summed E-state index contributed by atoms with van der Waals surface area (Å²) in [5.41, 5.74) is 2.38. The van der Waals surface area contributed by atoms with Crippen LogP contribution in [0.1, 0.15) is 26.3 Å². The van der Waals surface area contributed by atoms with Crippen LogP contribution in [-0.2, 0) is 5.33 Å². The van der Waals surface area contributed by atoms with Crippen molar-refractivity contribution in [3.8, 4) is 0 Å². The van der Waals surface area contributed by atoms with Gasteiger partial charge in [-0.3, -0.25) is 0 Å². The predicted octanol–water partition coefficient (Wildman–Crippen LogP) is 4.72. The molecule has 0 radical (unpaired) electrons. The van der Waals surface area contributed by atoms with E-state index in [1.54, 1.807) is 0 Å². The summed E-state index contributed by atoms with van der Waals surface area (Å²) in [5, 5.41) is 1.62. The van der Waals surface area contributed by atoms with E-state index in [0.29, 0.717) is 12.0 Å². The van der Waals surface area contributed by atoms with Crippen molar-refractivity contribution >= 4 is 33.2 Å². The van der Waals surface area contributed by atoms with E-state index >= 15 is 0 Å². The fourth-order valence-corrected chi connectivity index (χ4v) is 2.66. The summed E-state index contributed by atoms with van der Waals surface area (Å²) in [6, 6.07) is 6.57. The molecule has 0 aliphatic heterocycles. The third-order valence-electron chi connectivity index (χ3n) is 3.18. The number of benzene rings is 1. The number of halogens is 2. The highest BCUT2D eigenvalue weighted by Gasteiger charge is 2.17. The fourth-order valence-electron chi connectivity index (χ4n) is 1.68. The Morgan fingerprint density at radius 2 is 1.94 bits per heavy atom. The normalized spacial score (nSPS) is 12.9. The summed E-state index contributed by atoms with van der Waals surface area (Å²) in [6.45, 7) is 6.71. The highest BCUT2D eigenvalue weighted by Crippen LogP contribution is 2.30. The molecule has 0 saturated carbocycles. The summed E-state index contributed by atoms with van der Waals surface area (Å²) in [6.07, 6.45) is 0. The van der Waals surface area contributed by atoms with Gasteiger partial charge in [0.05, 0.1) is 0 Å². The van der Waals surface area contributed by atoms with E-state index in [0.717, 1.165) is 10.4 Å². The maximum atomic E-state index is 6.20. The number of alkyl halides is 1. The Morgan fingerprint density at radius 3 is 2.44 bits per heavy atom. The molecule has 0 aliphatic rings. The maximum Gasteiger partial charge on any atom is 0.0467 e. The maximum absolute atomic E-state index is 6.20. The second-order valence-electron chi connectivity index (χ2n) is 4.47. The van der Waals surface area contributed by atoms with Crippen LogP contribution in [0.3, 0.4) is 0 Å². The molecule has 1 aromatic carbocycles. The van der Waals surface area contributed by atoms with Gasteiger partial charge in [-0.25, -0.2) is 0 Å². The van der Waals surface area contributed by atoms with Crippen LogP contribution in [0.2, 0.25) is 5.02 Å². The van der Waals surface area contributed by atoms with Crippen LogP contribution in [0, 0.1) is 5.92 Å². The predicted molar refractivity (Wildman–Crippen MR) is 76.8 cm³/mol. The van der Waals surface area contributed by atoms with Crippen LogP contribution in [0.15, 0.2) is 18.2 Å². The van der Waals surface area contributed by atoms with Crippen LogP contribution in [0.5, 0.6) is 0 Å². The van der Waals surface area contributed by atoms with Crippen molar-refractivity contribution in [3.05, 3.63) is 28.8 Å². The average Bonchev–Trinajstić information content (AvgIpc) is 2.26. The molecule has 0 N–H and O–H groups in total. The first-order valence-electron chi connectivity index (χ1n) is 5.55. The molecule has 90 valence electrons. The van der Waals surface area contributed by atoms with E-state index in [1.807, 2.05) is 12.1 Å². The van der Waals surface area contributed by atoms with Gasteiger partial charge in [0.25, 0.3) is 0 Å². The zero-order valence-corrected chi connectivity index (χ0v) is 12.6. The van der Waals surface area contributed by atoms with Gasteiger partial charge in [0, 0.05) is 34.7 Å². The minimum absolute atomic E-state index is 0.497. The number of hydrogen-bond acceptors (Lipinski definition) is 1. The summed E-state index contributed by atoms with van der Waals surface area (Å²) < 4.78 is 0. The molecule has 1 nitrogen and oxygen atoms in total. The first kappa shape index (κ1) is 13.9. The Kier molecular flexibility index (Phi) is 5.13. The van der Waals surface area contributed by atoms with E-state index in [2.05, 4.69) is 54.7 Å². The molecule has 0 spiro atoms. The second-order valence-corrected chi connectivity index (χ2v) is 5.43. The molecule has 16 heavy (non-hydrogen) atoms. The molecule has 0 heterocycles. The smallest absolute Gasteiger partial charge is 0.0467 e. The Labute approximate surface area is 112 Å². The zero-order chi connectivity index (χ0) is 12.3. The third kappa shape index (κ3) is 2.92. The van der Waals surface area contributed by atoms with Gasteiger partial charge in [0.2, 0.25) is 0 Å². The van der Waals surface area contributed by atoms with Crippen LogP contribution < -0.4 is 4.90 Å². The molecular weight excluding hydrogens is 286 g/mol. The van der Waals surface area contributed by atoms with Crippen molar-refractivity contribution in [2.75, 3.05) is 11.9 Å². The molecule has 0 amide bonds. The van der Waals surface area contributed by atoms with Gasteiger partial charge in [-0.1, -0.05) is 47.4 Å². The minimum Gasteiger partial charge on any atom is -0.371 e. The summed E-state index contributed by atoms with van der Waals surface area (Å²) in [7, 11) is 2.13. The first-order valence-corrected chi connectivity index (χ1v) is 7.05. The third-order valence-corrected chi connectivity index (χ3v) is 4.10. The van der Waals surface area contributed by atoms with E-state index in [9.17, 15) is 0 Å². The standard InChI is InChI=1S/C13H19BrClN/c1-9(2)10(3)16(4)13-7-5-6-12(15)11(13)8-14/h5-7,9-10H,8H2,1-4H3. The molecule has 1 unspecified atom stereocenters. The van der Waals surface area contributed by atoms with Crippen LogP contribution in [0.25, 0.3) is 0 Å². The summed E-state index contributed by atoms with van der Waals surface area (Å²) in [5.74, 6) is 0.618. The highest BCUT2D eigenvalue weighted by molar-refractivity contribution is 9.08. The van der Waals surface area contributed by atoms with Crippen molar-refractivity contribution < 1.29 is 0 Å². The van der Waals surface area contributed by atoms with Crippen LogP contribution in [0.4, 0.5) is 5.69 Å². The van der Waals surface area contributed by atoms with E-state index in [-0.39, 0.29) is 0 Å². The fraction of sp³-hybridized carbons (Fsp3) is 0.538. The number of hydrogen-bond donors (Lipinski definition) is 0. The minimum atomic E-state index is 0.497. The number of rotatable bonds is 4. The van der Waals surface area contributed by atoms with E-state index in [4.69, 9.17) is 11.6 Å². The van der Waals surface area contributed by atoms with Crippen molar-refractivity contribution in [2.24, 2.45) is 5.92 Å². The monoisotopic (exact) mass is 303 g/mol. The molecule has 0 saturated heterocycles. The van der Waals surface area contributed by atoms with Gasteiger partial charge in [0.1, 0.15) is 0 Å². The molecule has 1 aromatic rings. The quantitative estimate of drug-likeness (QED) is 0.728. The van der Waals surface area contributed by atoms with Crippen molar-refractivity contribution in [1.82, 2.24) is 0 Å².